The van der Waals surface area contributed by atoms with Gasteiger partial charge in [-0.15, -0.1) is 0 Å². The SMILES string of the molecule is C[N+]1(CC(=O)N/N=C/c2ccccc2OC(=O)c2ccccc2)CCOCC1. The van der Waals surface area contributed by atoms with Gasteiger partial charge in [0.1, 0.15) is 18.8 Å². The molecule has 0 aromatic heterocycles. The van der Waals surface area contributed by atoms with Crippen LogP contribution in [0.5, 0.6) is 5.75 Å². The number of quaternary nitrogens is 1. The Morgan fingerprint density at radius 2 is 1.79 bits per heavy atom. The van der Waals surface area contributed by atoms with E-state index in [1.807, 2.05) is 19.2 Å². The lowest BCUT2D eigenvalue weighted by molar-refractivity contribution is -0.909. The summed E-state index contributed by atoms with van der Waals surface area (Å²) >= 11 is 0. The Kier molecular flexibility index (Phi) is 6.52. The van der Waals surface area contributed by atoms with Crippen molar-refractivity contribution in [3.8, 4) is 5.75 Å². The number of ether oxygens (including phenoxy) is 2. The van der Waals surface area contributed by atoms with Crippen LogP contribution in [0.1, 0.15) is 15.9 Å². The number of esters is 1. The van der Waals surface area contributed by atoms with Crippen LogP contribution in [0.15, 0.2) is 59.7 Å². The molecule has 0 unspecified atom stereocenters. The number of nitrogens with zero attached hydrogens (tertiary/aromatic N) is 2. The van der Waals surface area contributed by atoms with E-state index in [1.165, 1.54) is 6.21 Å². The summed E-state index contributed by atoms with van der Waals surface area (Å²) in [6, 6.07) is 15.8. The average molecular weight is 382 g/mol. The summed E-state index contributed by atoms with van der Waals surface area (Å²) in [4.78, 5) is 24.4. The number of nitrogens with one attached hydrogen (secondary N) is 1. The molecule has 1 aliphatic rings. The maximum absolute atomic E-state index is 12.3. The van der Waals surface area contributed by atoms with E-state index < -0.39 is 5.97 Å². The summed E-state index contributed by atoms with van der Waals surface area (Å²) in [5.41, 5.74) is 3.61. The Morgan fingerprint density at radius 3 is 2.54 bits per heavy atom. The van der Waals surface area contributed by atoms with Crippen molar-refractivity contribution in [3.63, 3.8) is 0 Å². The van der Waals surface area contributed by atoms with Gasteiger partial charge in [-0.3, -0.25) is 4.79 Å². The van der Waals surface area contributed by atoms with Crippen LogP contribution in [0.3, 0.4) is 0 Å². The van der Waals surface area contributed by atoms with E-state index in [0.29, 0.717) is 41.1 Å². The second-order valence-corrected chi connectivity index (χ2v) is 6.92. The van der Waals surface area contributed by atoms with Gasteiger partial charge >= 0.3 is 5.97 Å². The lowest BCUT2D eigenvalue weighted by atomic mass is 10.2. The van der Waals surface area contributed by atoms with E-state index >= 15 is 0 Å². The molecule has 1 amide bonds. The molecule has 1 aliphatic heterocycles. The number of hydrogen-bond donors (Lipinski definition) is 1. The topological polar surface area (TPSA) is 77.0 Å². The second-order valence-electron chi connectivity index (χ2n) is 6.92. The molecular weight excluding hydrogens is 358 g/mol. The number of morpholine rings is 1. The van der Waals surface area contributed by atoms with Gasteiger partial charge < -0.3 is 14.0 Å². The van der Waals surface area contributed by atoms with Crippen molar-refractivity contribution < 1.29 is 23.5 Å². The number of hydrogen-bond acceptors (Lipinski definition) is 5. The van der Waals surface area contributed by atoms with E-state index in [4.69, 9.17) is 9.47 Å². The maximum atomic E-state index is 12.3. The van der Waals surface area contributed by atoms with Gasteiger partial charge in [-0.2, -0.15) is 5.10 Å². The lowest BCUT2D eigenvalue weighted by Gasteiger charge is -2.36. The van der Waals surface area contributed by atoms with Crippen molar-refractivity contribution in [1.82, 2.24) is 5.43 Å². The second kappa shape index (κ2) is 9.25. The van der Waals surface area contributed by atoms with E-state index in [-0.39, 0.29) is 5.91 Å². The Balaban J connectivity index is 1.59. The summed E-state index contributed by atoms with van der Waals surface area (Å²) in [6.45, 7) is 3.26. The van der Waals surface area contributed by atoms with Gasteiger partial charge in [0.2, 0.25) is 0 Å². The van der Waals surface area contributed by atoms with Crippen LogP contribution in [0, 0.1) is 0 Å². The Hall–Kier alpha value is -3.03. The molecule has 146 valence electrons. The summed E-state index contributed by atoms with van der Waals surface area (Å²) in [5.74, 6) is -0.240. The summed E-state index contributed by atoms with van der Waals surface area (Å²) < 4.78 is 11.4. The third-order valence-electron chi connectivity index (χ3n) is 4.60. The lowest BCUT2D eigenvalue weighted by Crippen LogP contribution is -2.55. The zero-order chi connectivity index (χ0) is 19.8. The van der Waals surface area contributed by atoms with Gasteiger partial charge in [-0.1, -0.05) is 30.3 Å². The number of likely N-dealkylation sites (N-methyl/N-ethyl adjacent to an activating group) is 1. The molecule has 0 radical (unpaired) electrons. The highest BCUT2D eigenvalue weighted by atomic mass is 16.5. The van der Waals surface area contributed by atoms with E-state index in [1.54, 1.807) is 42.5 Å². The van der Waals surface area contributed by atoms with Gasteiger partial charge in [-0.05, 0) is 24.3 Å². The van der Waals surface area contributed by atoms with Crippen LogP contribution in [0.25, 0.3) is 0 Å². The average Bonchev–Trinajstić information content (AvgIpc) is 2.70. The van der Waals surface area contributed by atoms with Crippen molar-refractivity contribution in [2.75, 3.05) is 39.9 Å². The largest absolute Gasteiger partial charge is 0.422 e. The van der Waals surface area contributed by atoms with Crippen LogP contribution in [0.2, 0.25) is 0 Å². The number of amides is 1. The number of carbonyl (C=O) groups is 2. The molecule has 0 bridgehead atoms. The van der Waals surface area contributed by atoms with Crippen LogP contribution >= 0.6 is 0 Å². The molecule has 0 aliphatic carbocycles. The fourth-order valence-electron chi connectivity index (χ4n) is 2.91. The van der Waals surface area contributed by atoms with Crippen LogP contribution in [-0.4, -0.2) is 62.5 Å². The van der Waals surface area contributed by atoms with Crippen LogP contribution < -0.4 is 10.2 Å². The standard InChI is InChI=1S/C21H23N3O4/c1-24(11-13-27-14-12-24)16-20(25)23-22-15-18-9-5-6-10-19(18)28-21(26)17-7-3-2-4-8-17/h2-10,15H,11-14,16H2,1H3/p+1/b22-15+. The van der Waals surface area contributed by atoms with Crippen molar-refractivity contribution in [2.24, 2.45) is 5.10 Å². The number of carbonyl (C=O) groups excluding carboxylic acids is 2. The fraction of sp³-hybridized carbons (Fsp3) is 0.286. The zero-order valence-electron chi connectivity index (χ0n) is 15.8. The minimum Gasteiger partial charge on any atom is -0.422 e. The molecule has 28 heavy (non-hydrogen) atoms. The number of benzene rings is 2. The quantitative estimate of drug-likeness (QED) is 0.272. The fourth-order valence-corrected chi connectivity index (χ4v) is 2.91. The van der Waals surface area contributed by atoms with Gasteiger partial charge in [0.05, 0.1) is 32.0 Å². The van der Waals surface area contributed by atoms with Crippen molar-refractivity contribution in [1.29, 1.82) is 0 Å². The predicted octanol–water partition coefficient (Wildman–Crippen LogP) is 1.83. The molecule has 1 heterocycles. The highest BCUT2D eigenvalue weighted by Crippen LogP contribution is 2.17. The zero-order valence-corrected chi connectivity index (χ0v) is 15.8. The molecule has 3 rings (SSSR count). The summed E-state index contributed by atoms with van der Waals surface area (Å²) in [6.07, 6.45) is 1.48. The summed E-state index contributed by atoms with van der Waals surface area (Å²) in [5, 5.41) is 4.02. The van der Waals surface area contributed by atoms with Crippen LogP contribution in [-0.2, 0) is 9.53 Å². The van der Waals surface area contributed by atoms with Crippen molar-refractivity contribution >= 4 is 18.1 Å². The molecule has 0 spiro atoms. The summed E-state index contributed by atoms with van der Waals surface area (Å²) in [7, 11) is 2.03. The number of hydrazone groups is 1. The molecule has 7 nitrogen and oxygen atoms in total. The van der Waals surface area contributed by atoms with Crippen molar-refractivity contribution in [2.45, 2.75) is 0 Å². The molecule has 2 aromatic rings. The minimum atomic E-state index is -0.449. The first-order valence-electron chi connectivity index (χ1n) is 9.15. The Bertz CT molecular complexity index is 846. The van der Waals surface area contributed by atoms with Gasteiger partial charge in [0.25, 0.3) is 5.91 Å². The molecule has 1 fully saturated rings. The monoisotopic (exact) mass is 382 g/mol. The third-order valence-corrected chi connectivity index (χ3v) is 4.60. The van der Waals surface area contributed by atoms with E-state index in [0.717, 1.165) is 13.1 Å². The first kappa shape index (κ1) is 19.7. The normalized spacial score (nSPS) is 15.9. The number of rotatable bonds is 6. The minimum absolute atomic E-state index is 0.167. The first-order chi connectivity index (χ1) is 13.6. The van der Waals surface area contributed by atoms with Gasteiger partial charge in [0, 0.05) is 5.56 Å². The van der Waals surface area contributed by atoms with Crippen molar-refractivity contribution in [3.05, 3.63) is 65.7 Å². The molecule has 1 N–H and O–H groups in total. The Labute approximate surface area is 164 Å². The number of para-hydroxylation sites is 1. The smallest absolute Gasteiger partial charge is 0.343 e. The Morgan fingerprint density at radius 1 is 1.11 bits per heavy atom. The molecular formula is C21H24N3O4+. The maximum Gasteiger partial charge on any atom is 0.343 e. The molecule has 1 saturated heterocycles. The van der Waals surface area contributed by atoms with Gasteiger partial charge in [0.15, 0.2) is 6.54 Å². The molecule has 7 heteroatoms. The predicted molar refractivity (Wildman–Crippen MR) is 105 cm³/mol. The highest BCUT2D eigenvalue weighted by Gasteiger charge is 2.28. The highest BCUT2D eigenvalue weighted by molar-refractivity contribution is 5.93. The molecule has 2 aromatic carbocycles. The third kappa shape index (κ3) is 5.48. The molecule has 0 atom stereocenters. The first-order valence-corrected chi connectivity index (χ1v) is 9.15. The van der Waals surface area contributed by atoms with E-state index in [9.17, 15) is 9.59 Å². The van der Waals surface area contributed by atoms with Crippen LogP contribution in [0.4, 0.5) is 0 Å². The molecule has 0 saturated carbocycles. The van der Waals surface area contributed by atoms with E-state index in [2.05, 4.69) is 10.5 Å². The van der Waals surface area contributed by atoms with Gasteiger partial charge in [-0.25, -0.2) is 10.2 Å².